The molecule has 0 amide bonds. The van der Waals surface area contributed by atoms with Gasteiger partial charge in [-0.1, -0.05) is 12.1 Å². The molecule has 27 heavy (non-hydrogen) atoms. The Morgan fingerprint density at radius 3 is 2.74 bits per heavy atom. The van der Waals surface area contributed by atoms with Gasteiger partial charge in [-0.2, -0.15) is 0 Å². The van der Waals surface area contributed by atoms with Gasteiger partial charge >= 0.3 is 0 Å². The van der Waals surface area contributed by atoms with E-state index < -0.39 is 10.0 Å². The number of ether oxygens (including phenoxy) is 1. The second-order valence-electron chi connectivity index (χ2n) is 6.93. The smallest absolute Gasteiger partial charge is 0.268 e. The third-order valence-corrected chi connectivity index (χ3v) is 7.04. The second kappa shape index (κ2) is 6.28. The van der Waals surface area contributed by atoms with Crippen LogP contribution in [-0.2, 0) is 16.4 Å². The van der Waals surface area contributed by atoms with Gasteiger partial charge in [0.25, 0.3) is 10.0 Å². The summed E-state index contributed by atoms with van der Waals surface area (Å²) in [4.78, 5) is 2.56. The number of aromatic nitrogens is 1. The minimum Gasteiger partial charge on any atom is -0.493 e. The molecule has 2 aliphatic heterocycles. The third kappa shape index (κ3) is 2.69. The van der Waals surface area contributed by atoms with Gasteiger partial charge in [0, 0.05) is 55.9 Å². The summed E-state index contributed by atoms with van der Waals surface area (Å²) in [5.74, 6) is 0.675. The zero-order valence-electron chi connectivity index (χ0n) is 14.9. The van der Waals surface area contributed by atoms with Gasteiger partial charge < -0.3 is 15.0 Å². The van der Waals surface area contributed by atoms with Gasteiger partial charge in [0.1, 0.15) is 5.75 Å². The van der Waals surface area contributed by atoms with E-state index in [-0.39, 0.29) is 4.90 Å². The molecule has 1 N–H and O–H groups in total. The standard InChI is InChI=1S/C20H21N3O3S/c24-27(25,16-5-4-15-7-13-26-20(15)14-16)23-10-6-17-18(2-1-3-19(17)23)22-11-8-21-9-12-22/h1-6,10,14,21H,7-9,11-13H2. The summed E-state index contributed by atoms with van der Waals surface area (Å²) in [6.45, 7) is 4.31. The maximum Gasteiger partial charge on any atom is 0.268 e. The highest BCUT2D eigenvalue weighted by Crippen LogP contribution is 2.33. The lowest BCUT2D eigenvalue weighted by atomic mass is 10.2. The number of hydrogen-bond donors (Lipinski definition) is 1. The fraction of sp³-hybridized carbons (Fsp3) is 0.300. The molecule has 5 rings (SSSR count). The van der Waals surface area contributed by atoms with Crippen molar-refractivity contribution < 1.29 is 13.2 Å². The molecule has 6 nitrogen and oxygen atoms in total. The number of nitrogens with one attached hydrogen (secondary N) is 1. The molecular formula is C20H21N3O3S. The predicted octanol–water partition coefficient (Wildman–Crippen LogP) is 2.22. The highest BCUT2D eigenvalue weighted by atomic mass is 32.2. The normalized spacial score (nSPS) is 17.1. The van der Waals surface area contributed by atoms with Crippen molar-refractivity contribution in [3.63, 3.8) is 0 Å². The molecule has 1 saturated heterocycles. The molecule has 0 spiro atoms. The Kier molecular flexibility index (Phi) is 3.87. The average Bonchev–Trinajstić information content (AvgIpc) is 3.35. The number of hydrogen-bond acceptors (Lipinski definition) is 5. The Morgan fingerprint density at radius 2 is 1.89 bits per heavy atom. The number of anilines is 1. The lowest BCUT2D eigenvalue weighted by molar-refractivity contribution is 0.356. The SMILES string of the molecule is O=S(=O)(c1ccc2c(c1)OCC2)n1ccc2c(N3CCNCC3)cccc21. The van der Waals surface area contributed by atoms with Crippen LogP contribution in [0, 0.1) is 0 Å². The minimum absolute atomic E-state index is 0.258. The summed E-state index contributed by atoms with van der Waals surface area (Å²) in [6, 6.07) is 12.9. The summed E-state index contributed by atoms with van der Waals surface area (Å²) < 4.78 is 33.5. The topological polar surface area (TPSA) is 63.6 Å². The molecule has 0 aliphatic carbocycles. The first kappa shape index (κ1) is 16.6. The second-order valence-corrected chi connectivity index (χ2v) is 8.75. The Morgan fingerprint density at radius 1 is 1.04 bits per heavy atom. The number of rotatable bonds is 3. The van der Waals surface area contributed by atoms with Gasteiger partial charge in [0.2, 0.25) is 0 Å². The van der Waals surface area contributed by atoms with Crippen LogP contribution in [0.3, 0.4) is 0 Å². The van der Waals surface area contributed by atoms with Crippen molar-refractivity contribution in [3.8, 4) is 5.75 Å². The van der Waals surface area contributed by atoms with Crippen molar-refractivity contribution in [1.82, 2.24) is 9.29 Å². The molecule has 0 atom stereocenters. The molecule has 2 aromatic carbocycles. The molecule has 0 bridgehead atoms. The van der Waals surface area contributed by atoms with Crippen LogP contribution in [0.5, 0.6) is 5.75 Å². The molecular weight excluding hydrogens is 362 g/mol. The lowest BCUT2D eigenvalue weighted by Gasteiger charge is -2.30. The van der Waals surface area contributed by atoms with Crippen LogP contribution in [-0.4, -0.2) is 45.2 Å². The first-order valence-corrected chi connectivity index (χ1v) is 10.7. The van der Waals surface area contributed by atoms with Crippen molar-refractivity contribution in [2.24, 2.45) is 0 Å². The molecule has 1 aromatic heterocycles. The average molecular weight is 383 g/mol. The summed E-state index contributed by atoms with van der Waals surface area (Å²) in [7, 11) is -3.69. The summed E-state index contributed by atoms with van der Waals surface area (Å²) in [6.07, 6.45) is 2.48. The van der Waals surface area contributed by atoms with E-state index in [9.17, 15) is 8.42 Å². The van der Waals surface area contributed by atoms with E-state index in [1.807, 2.05) is 24.3 Å². The molecule has 3 aromatic rings. The summed E-state index contributed by atoms with van der Waals surface area (Å²) >= 11 is 0. The van der Waals surface area contributed by atoms with Crippen molar-refractivity contribution in [2.45, 2.75) is 11.3 Å². The number of nitrogens with zero attached hydrogens (tertiary/aromatic N) is 2. The molecule has 140 valence electrons. The fourth-order valence-electron chi connectivity index (χ4n) is 3.94. The number of benzene rings is 2. The molecule has 0 radical (unpaired) electrons. The molecule has 3 heterocycles. The number of piperazine rings is 1. The largest absolute Gasteiger partial charge is 0.493 e. The summed E-state index contributed by atoms with van der Waals surface area (Å²) in [5.41, 5.74) is 2.85. The van der Waals surface area contributed by atoms with Gasteiger partial charge in [0.15, 0.2) is 0 Å². The first-order chi connectivity index (χ1) is 13.1. The molecule has 2 aliphatic rings. The monoisotopic (exact) mass is 383 g/mol. The quantitative estimate of drug-likeness (QED) is 0.751. The van der Waals surface area contributed by atoms with Crippen LogP contribution in [0.4, 0.5) is 5.69 Å². The highest BCUT2D eigenvalue weighted by Gasteiger charge is 2.23. The molecule has 7 heteroatoms. The van der Waals surface area contributed by atoms with Crippen LogP contribution >= 0.6 is 0 Å². The lowest BCUT2D eigenvalue weighted by Crippen LogP contribution is -2.43. The van der Waals surface area contributed by atoms with Crippen molar-refractivity contribution in [1.29, 1.82) is 0 Å². The first-order valence-electron chi connectivity index (χ1n) is 9.22. The maximum absolute atomic E-state index is 13.3. The van der Waals surface area contributed by atoms with Crippen LogP contribution in [0.25, 0.3) is 10.9 Å². The Hall–Kier alpha value is -2.51. The Bertz CT molecular complexity index is 1110. The van der Waals surface area contributed by atoms with E-state index in [2.05, 4.69) is 16.3 Å². The van der Waals surface area contributed by atoms with E-state index in [4.69, 9.17) is 4.74 Å². The molecule has 0 saturated carbocycles. The number of fused-ring (bicyclic) bond motifs is 2. The Balaban J connectivity index is 1.60. The van der Waals surface area contributed by atoms with Gasteiger partial charge in [0.05, 0.1) is 17.0 Å². The molecule has 0 unspecified atom stereocenters. The maximum atomic E-state index is 13.3. The van der Waals surface area contributed by atoms with Gasteiger partial charge in [-0.25, -0.2) is 12.4 Å². The molecule has 1 fully saturated rings. The van der Waals surface area contributed by atoms with E-state index in [1.165, 1.54) is 3.97 Å². The van der Waals surface area contributed by atoms with Crippen molar-refractivity contribution >= 4 is 26.6 Å². The van der Waals surface area contributed by atoms with Gasteiger partial charge in [-0.3, -0.25) is 0 Å². The Labute approximate surface area is 158 Å². The van der Waals surface area contributed by atoms with Crippen LogP contribution < -0.4 is 15.0 Å². The zero-order chi connectivity index (χ0) is 18.4. The zero-order valence-corrected chi connectivity index (χ0v) is 15.7. The van der Waals surface area contributed by atoms with E-state index >= 15 is 0 Å². The van der Waals surface area contributed by atoms with Crippen molar-refractivity contribution in [2.75, 3.05) is 37.7 Å². The van der Waals surface area contributed by atoms with E-state index in [0.717, 1.165) is 49.2 Å². The predicted molar refractivity (Wildman–Crippen MR) is 105 cm³/mol. The van der Waals surface area contributed by atoms with E-state index in [0.29, 0.717) is 17.9 Å². The van der Waals surface area contributed by atoms with Crippen molar-refractivity contribution in [3.05, 3.63) is 54.2 Å². The fourth-order valence-corrected chi connectivity index (χ4v) is 5.30. The van der Waals surface area contributed by atoms with Crippen LogP contribution in [0.15, 0.2) is 53.6 Å². The van der Waals surface area contributed by atoms with Crippen LogP contribution in [0.2, 0.25) is 0 Å². The van der Waals surface area contributed by atoms with E-state index in [1.54, 1.807) is 18.3 Å². The summed E-state index contributed by atoms with van der Waals surface area (Å²) in [5, 5.41) is 4.31. The minimum atomic E-state index is -3.69. The van der Waals surface area contributed by atoms with Crippen LogP contribution in [0.1, 0.15) is 5.56 Å². The van der Waals surface area contributed by atoms with Gasteiger partial charge in [-0.05, 0) is 29.8 Å². The third-order valence-electron chi connectivity index (χ3n) is 5.36. The highest BCUT2D eigenvalue weighted by molar-refractivity contribution is 7.90. The van der Waals surface area contributed by atoms with Gasteiger partial charge in [-0.15, -0.1) is 0 Å².